The maximum atomic E-state index is 14.0. The number of rotatable bonds is 3. The first kappa shape index (κ1) is 20.1. The molecule has 2 aromatic carbocycles. The minimum Gasteiger partial charge on any atom is -0.508 e. The van der Waals surface area contributed by atoms with E-state index in [9.17, 15) is 9.50 Å². The van der Waals surface area contributed by atoms with Crippen molar-refractivity contribution in [2.45, 2.75) is 6.92 Å². The van der Waals surface area contributed by atoms with Crippen LogP contribution in [-0.2, 0) is 7.05 Å². The molecule has 0 saturated heterocycles. The van der Waals surface area contributed by atoms with Gasteiger partial charge >= 0.3 is 0 Å². The zero-order valence-corrected chi connectivity index (χ0v) is 18.5. The summed E-state index contributed by atoms with van der Waals surface area (Å²) in [6.07, 6.45) is 7.08. The Balaban J connectivity index is 1.55. The fourth-order valence-electron chi connectivity index (χ4n) is 4.54. The lowest BCUT2D eigenvalue weighted by Crippen LogP contribution is -1.89. The fourth-order valence-corrected chi connectivity index (χ4v) is 4.54. The number of nitrogens with one attached hydrogen (secondary N) is 1. The zero-order valence-electron chi connectivity index (χ0n) is 18.5. The molecule has 7 heteroatoms. The number of aromatic amines is 1. The highest BCUT2D eigenvalue weighted by atomic mass is 19.1. The van der Waals surface area contributed by atoms with Gasteiger partial charge in [0.05, 0.1) is 22.9 Å². The first-order valence-corrected chi connectivity index (χ1v) is 10.8. The van der Waals surface area contributed by atoms with Crippen LogP contribution < -0.4 is 0 Å². The molecule has 0 unspecified atom stereocenters. The standard InChI is InChI=1S/C27H20FN5O/c1-15-5-6-29-12-22(15)16-3-4-26-21(9-16)27(32-33(26)2)24-11-20-23(13-30-14-25(20)31-24)17-7-18(28)10-19(34)8-17/h3-14,31,34H,1-2H3. The van der Waals surface area contributed by atoms with Gasteiger partial charge in [-0.25, -0.2) is 4.39 Å². The summed E-state index contributed by atoms with van der Waals surface area (Å²) in [6.45, 7) is 2.07. The third-order valence-corrected chi connectivity index (χ3v) is 6.19. The summed E-state index contributed by atoms with van der Waals surface area (Å²) >= 11 is 0. The Kier molecular flexibility index (Phi) is 4.45. The molecular formula is C27H20FN5O. The van der Waals surface area contributed by atoms with Gasteiger partial charge in [0.25, 0.3) is 0 Å². The highest BCUT2D eigenvalue weighted by Gasteiger charge is 2.17. The summed E-state index contributed by atoms with van der Waals surface area (Å²) in [4.78, 5) is 12.0. The predicted molar refractivity (Wildman–Crippen MR) is 131 cm³/mol. The van der Waals surface area contributed by atoms with Crippen LogP contribution in [0.5, 0.6) is 5.75 Å². The molecule has 0 amide bonds. The number of nitrogens with zero attached hydrogens (tertiary/aromatic N) is 4. The monoisotopic (exact) mass is 449 g/mol. The van der Waals surface area contributed by atoms with Gasteiger partial charge in [0, 0.05) is 53.6 Å². The number of aromatic hydroxyl groups is 1. The quantitative estimate of drug-likeness (QED) is 0.347. The number of phenolic OH excluding ortho intramolecular Hbond substituents is 1. The largest absolute Gasteiger partial charge is 0.508 e. The first-order valence-electron chi connectivity index (χ1n) is 10.8. The number of aryl methyl sites for hydroxylation is 2. The zero-order chi connectivity index (χ0) is 23.4. The number of hydrogen-bond donors (Lipinski definition) is 2. The van der Waals surface area contributed by atoms with Crippen molar-refractivity contribution in [3.63, 3.8) is 0 Å². The summed E-state index contributed by atoms with van der Waals surface area (Å²) < 4.78 is 15.8. The van der Waals surface area contributed by atoms with Crippen LogP contribution in [0.4, 0.5) is 4.39 Å². The van der Waals surface area contributed by atoms with Crippen LogP contribution in [0.1, 0.15) is 5.56 Å². The van der Waals surface area contributed by atoms with Gasteiger partial charge in [0.1, 0.15) is 17.3 Å². The Bertz CT molecular complexity index is 1700. The number of hydrogen-bond acceptors (Lipinski definition) is 4. The summed E-state index contributed by atoms with van der Waals surface area (Å²) in [6, 6.07) is 14.3. The van der Waals surface area contributed by atoms with E-state index in [2.05, 4.69) is 40.1 Å². The van der Waals surface area contributed by atoms with Crippen LogP contribution in [0.2, 0.25) is 0 Å². The predicted octanol–water partition coefficient (Wildman–Crippen LogP) is 6.00. The molecule has 0 aliphatic rings. The van der Waals surface area contributed by atoms with Crippen LogP contribution in [0.15, 0.2) is 73.3 Å². The van der Waals surface area contributed by atoms with Gasteiger partial charge in [-0.2, -0.15) is 5.10 Å². The van der Waals surface area contributed by atoms with Crippen LogP contribution in [-0.4, -0.2) is 29.8 Å². The molecule has 0 spiro atoms. The van der Waals surface area contributed by atoms with Gasteiger partial charge < -0.3 is 10.1 Å². The molecule has 166 valence electrons. The molecule has 0 atom stereocenters. The van der Waals surface area contributed by atoms with Crippen molar-refractivity contribution in [1.29, 1.82) is 0 Å². The smallest absolute Gasteiger partial charge is 0.127 e. The summed E-state index contributed by atoms with van der Waals surface area (Å²) in [5.41, 5.74) is 8.03. The summed E-state index contributed by atoms with van der Waals surface area (Å²) in [5.74, 6) is -0.631. The molecule has 6 nitrogen and oxygen atoms in total. The summed E-state index contributed by atoms with van der Waals surface area (Å²) in [5, 5.41) is 16.6. The molecule has 4 aromatic heterocycles. The SMILES string of the molecule is Cc1ccncc1-c1ccc2c(c1)c(-c1cc3c(-c4cc(O)cc(F)c4)cncc3[nH]1)nn2C. The van der Waals surface area contributed by atoms with Gasteiger partial charge in [-0.05, 0) is 60.0 Å². The molecular weight excluding hydrogens is 429 g/mol. The van der Waals surface area contributed by atoms with Crippen molar-refractivity contribution in [3.05, 3.63) is 84.7 Å². The van der Waals surface area contributed by atoms with E-state index in [0.717, 1.165) is 61.5 Å². The van der Waals surface area contributed by atoms with E-state index in [1.54, 1.807) is 18.6 Å². The highest BCUT2D eigenvalue weighted by Crippen LogP contribution is 2.36. The second-order valence-electron chi connectivity index (χ2n) is 8.42. The van der Waals surface area contributed by atoms with Gasteiger partial charge in [-0.15, -0.1) is 0 Å². The maximum absolute atomic E-state index is 14.0. The van der Waals surface area contributed by atoms with Crippen molar-refractivity contribution in [3.8, 4) is 39.4 Å². The van der Waals surface area contributed by atoms with Crippen molar-refractivity contribution in [1.82, 2.24) is 24.7 Å². The number of halogens is 1. The molecule has 2 N–H and O–H groups in total. The Morgan fingerprint density at radius 2 is 1.74 bits per heavy atom. The second kappa shape index (κ2) is 7.52. The Labute approximate surface area is 194 Å². The van der Waals surface area contributed by atoms with Gasteiger partial charge in [-0.3, -0.25) is 14.6 Å². The Morgan fingerprint density at radius 1 is 0.882 bits per heavy atom. The van der Waals surface area contributed by atoms with E-state index < -0.39 is 5.82 Å². The molecule has 0 aliphatic heterocycles. The van der Waals surface area contributed by atoms with E-state index in [4.69, 9.17) is 5.10 Å². The van der Waals surface area contributed by atoms with Gasteiger partial charge in [-0.1, -0.05) is 6.07 Å². The van der Waals surface area contributed by atoms with Crippen LogP contribution in [0, 0.1) is 12.7 Å². The number of fused-ring (bicyclic) bond motifs is 2. The molecule has 6 aromatic rings. The minimum absolute atomic E-state index is 0.128. The lowest BCUT2D eigenvalue weighted by atomic mass is 10.0. The number of benzene rings is 2. The third kappa shape index (κ3) is 3.21. The number of phenols is 1. The van der Waals surface area contributed by atoms with E-state index in [-0.39, 0.29) is 5.75 Å². The van der Waals surface area contributed by atoms with Gasteiger partial charge in [0.15, 0.2) is 0 Å². The van der Waals surface area contributed by atoms with E-state index in [0.29, 0.717) is 5.56 Å². The van der Waals surface area contributed by atoms with E-state index in [1.165, 1.54) is 12.1 Å². The lowest BCUT2D eigenvalue weighted by Gasteiger charge is -2.05. The average molecular weight is 449 g/mol. The van der Waals surface area contributed by atoms with E-state index in [1.807, 2.05) is 30.1 Å². The number of pyridine rings is 2. The molecule has 34 heavy (non-hydrogen) atoms. The maximum Gasteiger partial charge on any atom is 0.127 e. The van der Waals surface area contributed by atoms with E-state index >= 15 is 0 Å². The lowest BCUT2D eigenvalue weighted by molar-refractivity contribution is 0.469. The number of aromatic nitrogens is 5. The minimum atomic E-state index is -0.503. The van der Waals surface area contributed by atoms with Gasteiger partial charge in [0.2, 0.25) is 0 Å². The van der Waals surface area contributed by atoms with Crippen molar-refractivity contribution < 1.29 is 9.50 Å². The average Bonchev–Trinajstić information content (AvgIpc) is 3.39. The van der Waals surface area contributed by atoms with Crippen LogP contribution >= 0.6 is 0 Å². The normalized spacial score (nSPS) is 11.5. The third-order valence-electron chi connectivity index (χ3n) is 6.19. The number of H-pyrrole nitrogens is 1. The van der Waals surface area contributed by atoms with Crippen molar-refractivity contribution in [2.75, 3.05) is 0 Å². The molecule has 0 radical (unpaired) electrons. The Hall–Kier alpha value is -4.52. The van der Waals surface area contributed by atoms with Crippen LogP contribution in [0.3, 0.4) is 0 Å². The van der Waals surface area contributed by atoms with Crippen molar-refractivity contribution >= 4 is 21.8 Å². The molecule has 0 saturated carbocycles. The van der Waals surface area contributed by atoms with Crippen LogP contribution in [0.25, 0.3) is 55.4 Å². The molecule has 0 bridgehead atoms. The van der Waals surface area contributed by atoms with Crippen molar-refractivity contribution in [2.24, 2.45) is 7.05 Å². The Morgan fingerprint density at radius 3 is 2.56 bits per heavy atom. The highest BCUT2D eigenvalue weighted by molar-refractivity contribution is 6.01. The first-order chi connectivity index (χ1) is 16.5. The fraction of sp³-hybridized carbons (Fsp3) is 0.0741. The molecule has 6 rings (SSSR count). The molecule has 4 heterocycles. The second-order valence-corrected chi connectivity index (χ2v) is 8.42. The molecule has 0 aliphatic carbocycles. The topological polar surface area (TPSA) is 79.6 Å². The molecule has 0 fully saturated rings. The summed E-state index contributed by atoms with van der Waals surface area (Å²) in [7, 11) is 1.92.